The molecule has 0 aromatic carbocycles. The van der Waals surface area contributed by atoms with E-state index in [1.54, 1.807) is 12.3 Å². The Balaban J connectivity index is 1.99. The van der Waals surface area contributed by atoms with Crippen molar-refractivity contribution in [3.05, 3.63) is 23.0 Å². The molecule has 1 aromatic heterocycles. The Hall–Kier alpha value is -1.24. The van der Waals surface area contributed by atoms with Crippen molar-refractivity contribution in [3.63, 3.8) is 0 Å². The summed E-state index contributed by atoms with van der Waals surface area (Å²) in [5.74, 6) is 3.13. The van der Waals surface area contributed by atoms with Crippen molar-refractivity contribution in [3.8, 4) is 18.1 Å². The average molecular weight is 223 g/mol. The lowest BCUT2D eigenvalue weighted by molar-refractivity contribution is 0.0728. The van der Waals surface area contributed by atoms with E-state index < -0.39 is 0 Å². The monoisotopic (exact) mass is 222 g/mol. The summed E-state index contributed by atoms with van der Waals surface area (Å²) in [5.41, 5.74) is 0.567. The fraction of sp³-hybridized carbons (Fsp3) is 0.364. The molecule has 78 valence electrons. The van der Waals surface area contributed by atoms with Crippen molar-refractivity contribution in [1.82, 2.24) is 9.88 Å². The maximum Gasteiger partial charge on any atom is 0.144 e. The summed E-state index contributed by atoms with van der Waals surface area (Å²) in [5, 5.41) is 0.341. The number of likely N-dealkylation sites (tertiary alicyclic amines) is 1. The number of ether oxygens (including phenoxy) is 1. The summed E-state index contributed by atoms with van der Waals surface area (Å²) >= 11 is 5.78. The highest BCUT2D eigenvalue weighted by atomic mass is 35.5. The van der Waals surface area contributed by atoms with Crippen LogP contribution < -0.4 is 4.74 Å². The van der Waals surface area contributed by atoms with Gasteiger partial charge in [0.15, 0.2) is 0 Å². The van der Waals surface area contributed by atoms with Crippen LogP contribution in [0.4, 0.5) is 0 Å². The van der Waals surface area contributed by atoms with Crippen LogP contribution in [0.5, 0.6) is 5.75 Å². The number of rotatable bonds is 3. The molecule has 2 heterocycles. The van der Waals surface area contributed by atoms with E-state index in [0.29, 0.717) is 23.2 Å². The van der Waals surface area contributed by atoms with Crippen molar-refractivity contribution >= 4 is 11.6 Å². The molecular weight excluding hydrogens is 212 g/mol. The molecule has 0 unspecified atom stereocenters. The standard InChI is InChI=1S/C11H11ClN2O/c1-2-9-6-10(7-13-11(9)12)15-8-14-4-3-5-14/h1,6-7H,3-5,8H2. The first-order valence-corrected chi connectivity index (χ1v) is 5.14. The molecule has 3 nitrogen and oxygen atoms in total. The van der Waals surface area contributed by atoms with Gasteiger partial charge in [0.05, 0.1) is 11.8 Å². The van der Waals surface area contributed by atoms with E-state index in [4.69, 9.17) is 22.8 Å². The number of aromatic nitrogens is 1. The van der Waals surface area contributed by atoms with Crippen LogP contribution >= 0.6 is 11.6 Å². The Labute approximate surface area is 94.0 Å². The van der Waals surface area contributed by atoms with Crippen LogP contribution in [-0.2, 0) is 0 Å². The van der Waals surface area contributed by atoms with E-state index in [1.165, 1.54) is 6.42 Å². The zero-order valence-corrected chi connectivity index (χ0v) is 9.00. The van der Waals surface area contributed by atoms with Crippen LogP contribution in [0.1, 0.15) is 12.0 Å². The third-order valence-electron chi connectivity index (χ3n) is 2.33. The minimum Gasteiger partial charge on any atom is -0.476 e. The molecule has 4 heteroatoms. The Kier molecular flexibility index (Phi) is 3.10. The fourth-order valence-corrected chi connectivity index (χ4v) is 1.44. The van der Waals surface area contributed by atoms with Gasteiger partial charge in [0, 0.05) is 19.2 Å². The maximum absolute atomic E-state index is 5.78. The number of pyridine rings is 1. The summed E-state index contributed by atoms with van der Waals surface area (Å²) in [6, 6.07) is 1.73. The topological polar surface area (TPSA) is 25.4 Å². The summed E-state index contributed by atoms with van der Waals surface area (Å²) in [7, 11) is 0. The Morgan fingerprint density at radius 3 is 3.00 bits per heavy atom. The first-order chi connectivity index (χ1) is 7.29. The molecule has 0 amide bonds. The smallest absolute Gasteiger partial charge is 0.144 e. The predicted molar refractivity (Wildman–Crippen MR) is 58.9 cm³/mol. The number of halogens is 1. The highest BCUT2D eigenvalue weighted by Crippen LogP contribution is 2.18. The Morgan fingerprint density at radius 2 is 2.40 bits per heavy atom. The lowest BCUT2D eigenvalue weighted by atomic mass is 10.2. The molecule has 0 spiro atoms. The van der Waals surface area contributed by atoms with E-state index in [1.807, 2.05) is 0 Å². The third kappa shape index (κ3) is 2.41. The molecule has 0 aliphatic carbocycles. The maximum atomic E-state index is 5.78. The second kappa shape index (κ2) is 4.52. The normalized spacial score (nSPS) is 15.5. The molecule has 2 rings (SSSR count). The molecule has 15 heavy (non-hydrogen) atoms. The molecule has 0 saturated carbocycles. The quantitative estimate of drug-likeness (QED) is 0.576. The number of hydrogen-bond acceptors (Lipinski definition) is 3. The summed E-state index contributed by atoms with van der Waals surface area (Å²) in [6.45, 7) is 2.79. The van der Waals surface area contributed by atoms with E-state index in [9.17, 15) is 0 Å². The highest BCUT2D eigenvalue weighted by Gasteiger charge is 2.13. The fourth-order valence-electron chi connectivity index (χ4n) is 1.29. The zero-order chi connectivity index (χ0) is 10.7. The minimum absolute atomic E-state index is 0.341. The van der Waals surface area contributed by atoms with Crippen molar-refractivity contribution < 1.29 is 4.74 Å². The van der Waals surface area contributed by atoms with Gasteiger partial charge >= 0.3 is 0 Å². The van der Waals surface area contributed by atoms with Gasteiger partial charge in [-0.2, -0.15) is 0 Å². The lowest BCUT2D eigenvalue weighted by Crippen LogP contribution is -2.39. The van der Waals surface area contributed by atoms with Crippen LogP contribution in [0.15, 0.2) is 12.3 Å². The van der Waals surface area contributed by atoms with Crippen LogP contribution in [0.25, 0.3) is 0 Å². The van der Waals surface area contributed by atoms with Gasteiger partial charge in [0.1, 0.15) is 17.6 Å². The number of terminal acetylenes is 1. The zero-order valence-electron chi connectivity index (χ0n) is 8.24. The van der Waals surface area contributed by atoms with Crippen LogP contribution in [0, 0.1) is 12.3 Å². The minimum atomic E-state index is 0.341. The summed E-state index contributed by atoms with van der Waals surface area (Å²) in [6.07, 6.45) is 8.11. The Morgan fingerprint density at radius 1 is 1.60 bits per heavy atom. The summed E-state index contributed by atoms with van der Waals surface area (Å²) in [4.78, 5) is 6.15. The molecule has 1 aliphatic heterocycles. The van der Waals surface area contributed by atoms with E-state index in [0.717, 1.165) is 13.1 Å². The lowest BCUT2D eigenvalue weighted by Gasteiger charge is -2.30. The molecule has 0 N–H and O–H groups in total. The second-order valence-corrected chi connectivity index (χ2v) is 3.76. The van der Waals surface area contributed by atoms with Crippen LogP contribution in [0.3, 0.4) is 0 Å². The van der Waals surface area contributed by atoms with Crippen LogP contribution in [-0.4, -0.2) is 29.7 Å². The third-order valence-corrected chi connectivity index (χ3v) is 2.63. The average Bonchev–Trinajstić information content (AvgIpc) is 2.18. The SMILES string of the molecule is C#Cc1cc(OCN2CCC2)cnc1Cl. The van der Waals surface area contributed by atoms with Gasteiger partial charge < -0.3 is 4.74 Å². The molecule has 0 atom stereocenters. The Bertz CT molecular complexity index is 396. The molecule has 1 aromatic rings. The largest absolute Gasteiger partial charge is 0.476 e. The van der Waals surface area contributed by atoms with Crippen molar-refractivity contribution in [2.75, 3.05) is 19.8 Å². The molecule has 1 saturated heterocycles. The van der Waals surface area contributed by atoms with Gasteiger partial charge in [0.2, 0.25) is 0 Å². The molecule has 0 bridgehead atoms. The molecular formula is C11H11ClN2O. The van der Waals surface area contributed by atoms with Gasteiger partial charge in [-0.25, -0.2) is 4.98 Å². The van der Waals surface area contributed by atoms with Gasteiger partial charge in [-0.15, -0.1) is 6.42 Å². The highest BCUT2D eigenvalue weighted by molar-refractivity contribution is 6.30. The van der Waals surface area contributed by atoms with E-state index >= 15 is 0 Å². The second-order valence-electron chi connectivity index (χ2n) is 3.40. The molecule has 0 radical (unpaired) electrons. The summed E-state index contributed by atoms with van der Waals surface area (Å²) < 4.78 is 5.52. The first kappa shape index (κ1) is 10.3. The van der Waals surface area contributed by atoms with Crippen molar-refractivity contribution in [2.45, 2.75) is 6.42 Å². The number of hydrogen-bond donors (Lipinski definition) is 0. The van der Waals surface area contributed by atoms with Crippen molar-refractivity contribution in [2.24, 2.45) is 0 Å². The van der Waals surface area contributed by atoms with E-state index in [2.05, 4.69) is 15.8 Å². The number of nitrogens with zero attached hydrogens (tertiary/aromatic N) is 2. The van der Waals surface area contributed by atoms with Gasteiger partial charge in [-0.05, 0) is 6.42 Å². The first-order valence-electron chi connectivity index (χ1n) is 4.77. The van der Waals surface area contributed by atoms with Gasteiger partial charge in [-0.3, -0.25) is 4.90 Å². The van der Waals surface area contributed by atoms with Crippen LogP contribution in [0.2, 0.25) is 5.15 Å². The molecule has 1 aliphatic rings. The predicted octanol–water partition coefficient (Wildman–Crippen LogP) is 1.76. The molecule has 1 fully saturated rings. The van der Waals surface area contributed by atoms with Gasteiger partial charge in [-0.1, -0.05) is 17.5 Å². The van der Waals surface area contributed by atoms with E-state index in [-0.39, 0.29) is 0 Å². The van der Waals surface area contributed by atoms with Crippen molar-refractivity contribution in [1.29, 1.82) is 0 Å². The van der Waals surface area contributed by atoms with Gasteiger partial charge in [0.25, 0.3) is 0 Å².